The zero-order valence-corrected chi connectivity index (χ0v) is 18.9. The Hall–Kier alpha value is -3.29. The fourth-order valence-corrected chi connectivity index (χ4v) is 4.38. The molecule has 8 heteroatoms. The van der Waals surface area contributed by atoms with Gasteiger partial charge in [0.1, 0.15) is 10.6 Å². The van der Waals surface area contributed by atoms with Crippen molar-refractivity contribution < 1.29 is 18.3 Å². The van der Waals surface area contributed by atoms with Crippen molar-refractivity contribution in [2.24, 2.45) is 0 Å². The largest absolute Gasteiger partial charge is 0.435 e. The molecule has 0 saturated carbocycles. The second-order valence-electron chi connectivity index (χ2n) is 7.16. The quantitative estimate of drug-likeness (QED) is 0.307. The molecule has 0 fully saturated rings. The van der Waals surface area contributed by atoms with Gasteiger partial charge in [0, 0.05) is 23.6 Å². The van der Waals surface area contributed by atoms with Gasteiger partial charge in [-0.3, -0.25) is 4.79 Å². The van der Waals surface area contributed by atoms with E-state index in [1.54, 1.807) is 12.1 Å². The zero-order chi connectivity index (χ0) is 23.2. The standard InChI is InChI=1S/C25H19ClF2N2O2S/c26-19-10-6-16(7-11-19)14-21-30-22(18-4-2-1-3-5-18)23(33-21)24(31)29-15-17-8-12-20(13-9-17)32-25(27)28/h1-13,25H,14-15H2,(H,29,31). The molecule has 0 radical (unpaired) electrons. The first kappa shape index (κ1) is 22.9. The number of nitrogens with one attached hydrogen (secondary N) is 1. The Morgan fingerprint density at radius 2 is 1.64 bits per heavy atom. The van der Waals surface area contributed by atoms with Crippen molar-refractivity contribution in [3.05, 3.63) is 105 Å². The zero-order valence-electron chi connectivity index (χ0n) is 17.3. The van der Waals surface area contributed by atoms with Gasteiger partial charge in [-0.15, -0.1) is 11.3 Å². The number of aromatic nitrogens is 1. The molecule has 0 aliphatic heterocycles. The number of ether oxygens (including phenoxy) is 1. The molecule has 168 valence electrons. The highest BCUT2D eigenvalue weighted by Gasteiger charge is 2.19. The summed E-state index contributed by atoms with van der Waals surface area (Å²) in [6, 6.07) is 23.2. The number of hydrogen-bond donors (Lipinski definition) is 1. The van der Waals surface area contributed by atoms with E-state index in [4.69, 9.17) is 16.6 Å². The number of carbonyl (C=O) groups excluding carboxylic acids is 1. The summed E-state index contributed by atoms with van der Waals surface area (Å²) in [4.78, 5) is 18.3. The highest BCUT2D eigenvalue weighted by Crippen LogP contribution is 2.30. The van der Waals surface area contributed by atoms with Gasteiger partial charge in [-0.1, -0.05) is 66.2 Å². The molecule has 4 rings (SSSR count). The molecule has 1 amide bonds. The number of thiazole rings is 1. The molecular weight excluding hydrogens is 466 g/mol. The van der Waals surface area contributed by atoms with Crippen LogP contribution in [0.3, 0.4) is 0 Å². The number of hydrogen-bond acceptors (Lipinski definition) is 4. The van der Waals surface area contributed by atoms with Crippen molar-refractivity contribution >= 4 is 28.8 Å². The number of amides is 1. The molecule has 3 aromatic carbocycles. The molecule has 0 atom stereocenters. The van der Waals surface area contributed by atoms with Crippen LogP contribution in [-0.2, 0) is 13.0 Å². The van der Waals surface area contributed by atoms with E-state index in [0.717, 1.165) is 21.7 Å². The molecule has 1 heterocycles. The van der Waals surface area contributed by atoms with E-state index in [0.29, 0.717) is 22.0 Å². The van der Waals surface area contributed by atoms with Crippen molar-refractivity contribution in [3.8, 4) is 17.0 Å². The Bertz CT molecular complexity index is 1210. The van der Waals surface area contributed by atoms with Crippen molar-refractivity contribution in [2.45, 2.75) is 19.6 Å². The van der Waals surface area contributed by atoms with Crippen LogP contribution in [0.25, 0.3) is 11.3 Å². The van der Waals surface area contributed by atoms with Crippen LogP contribution in [0.1, 0.15) is 25.8 Å². The van der Waals surface area contributed by atoms with Gasteiger partial charge in [-0.2, -0.15) is 8.78 Å². The van der Waals surface area contributed by atoms with Gasteiger partial charge < -0.3 is 10.1 Å². The van der Waals surface area contributed by atoms with Gasteiger partial charge in [-0.25, -0.2) is 4.98 Å². The molecule has 4 nitrogen and oxygen atoms in total. The van der Waals surface area contributed by atoms with E-state index in [-0.39, 0.29) is 18.2 Å². The molecular formula is C25H19ClF2N2O2S. The molecule has 1 aromatic heterocycles. The van der Waals surface area contributed by atoms with Crippen LogP contribution in [0.4, 0.5) is 8.78 Å². The molecule has 1 N–H and O–H groups in total. The number of benzene rings is 3. The minimum Gasteiger partial charge on any atom is -0.435 e. The Balaban J connectivity index is 1.52. The number of rotatable bonds is 8. The smallest absolute Gasteiger partial charge is 0.387 e. The lowest BCUT2D eigenvalue weighted by Crippen LogP contribution is -2.22. The second kappa shape index (κ2) is 10.6. The SMILES string of the molecule is O=C(NCc1ccc(OC(F)F)cc1)c1sc(Cc2ccc(Cl)cc2)nc1-c1ccccc1. The first-order chi connectivity index (χ1) is 16.0. The van der Waals surface area contributed by atoms with Crippen molar-refractivity contribution in [2.75, 3.05) is 0 Å². The predicted octanol–water partition coefficient (Wildman–Crippen LogP) is 6.59. The fourth-order valence-electron chi connectivity index (χ4n) is 3.21. The first-order valence-electron chi connectivity index (χ1n) is 10.1. The van der Waals surface area contributed by atoms with Crippen molar-refractivity contribution in [1.82, 2.24) is 10.3 Å². The van der Waals surface area contributed by atoms with Crippen LogP contribution < -0.4 is 10.1 Å². The number of carbonyl (C=O) groups is 1. The lowest BCUT2D eigenvalue weighted by Gasteiger charge is -2.07. The maximum atomic E-state index is 13.1. The Kier molecular flexibility index (Phi) is 7.32. The fraction of sp³-hybridized carbons (Fsp3) is 0.120. The lowest BCUT2D eigenvalue weighted by atomic mass is 10.1. The predicted molar refractivity (Wildman–Crippen MR) is 126 cm³/mol. The minimum absolute atomic E-state index is 0.0701. The van der Waals surface area contributed by atoms with Crippen molar-refractivity contribution in [1.29, 1.82) is 0 Å². The summed E-state index contributed by atoms with van der Waals surface area (Å²) in [5.74, 6) is -0.178. The molecule has 33 heavy (non-hydrogen) atoms. The third-order valence-corrected chi connectivity index (χ3v) is 6.10. The molecule has 0 aliphatic rings. The topological polar surface area (TPSA) is 51.2 Å². The second-order valence-corrected chi connectivity index (χ2v) is 8.68. The summed E-state index contributed by atoms with van der Waals surface area (Å²) < 4.78 is 29.0. The molecule has 0 unspecified atom stereocenters. The summed E-state index contributed by atoms with van der Waals surface area (Å²) in [6.45, 7) is -2.63. The maximum Gasteiger partial charge on any atom is 0.387 e. The monoisotopic (exact) mass is 484 g/mol. The molecule has 4 aromatic rings. The number of alkyl halides is 2. The third kappa shape index (κ3) is 6.15. The average molecular weight is 485 g/mol. The van der Waals surface area contributed by atoms with E-state index in [9.17, 15) is 13.6 Å². The van der Waals surface area contributed by atoms with Gasteiger partial charge in [0.05, 0.1) is 10.7 Å². The summed E-state index contributed by atoms with van der Waals surface area (Å²) in [7, 11) is 0. The molecule has 0 bridgehead atoms. The summed E-state index contributed by atoms with van der Waals surface area (Å²) in [5.41, 5.74) is 3.29. The summed E-state index contributed by atoms with van der Waals surface area (Å²) >= 11 is 7.32. The van der Waals surface area contributed by atoms with E-state index in [1.807, 2.05) is 54.6 Å². The Morgan fingerprint density at radius 1 is 0.970 bits per heavy atom. The maximum absolute atomic E-state index is 13.1. The number of nitrogens with zero attached hydrogens (tertiary/aromatic N) is 1. The average Bonchev–Trinajstić information content (AvgIpc) is 3.24. The van der Waals surface area contributed by atoms with Gasteiger partial charge in [0.2, 0.25) is 0 Å². The van der Waals surface area contributed by atoms with Gasteiger partial charge in [0.25, 0.3) is 5.91 Å². The molecule has 0 aliphatic carbocycles. The Morgan fingerprint density at radius 3 is 2.30 bits per heavy atom. The Labute approximate surface area is 198 Å². The van der Waals surface area contributed by atoms with Crippen LogP contribution in [0.5, 0.6) is 5.75 Å². The third-order valence-electron chi connectivity index (χ3n) is 4.80. The highest BCUT2D eigenvalue weighted by molar-refractivity contribution is 7.14. The lowest BCUT2D eigenvalue weighted by molar-refractivity contribution is -0.0498. The van der Waals surface area contributed by atoms with Crippen LogP contribution in [0, 0.1) is 0 Å². The molecule has 0 spiro atoms. The highest BCUT2D eigenvalue weighted by atomic mass is 35.5. The molecule has 0 saturated heterocycles. The van der Waals surface area contributed by atoms with Crippen molar-refractivity contribution in [3.63, 3.8) is 0 Å². The van der Waals surface area contributed by atoms with E-state index in [1.165, 1.54) is 23.5 Å². The van der Waals surface area contributed by atoms with Gasteiger partial charge in [0.15, 0.2) is 0 Å². The minimum atomic E-state index is -2.87. The van der Waals surface area contributed by atoms with Gasteiger partial charge in [-0.05, 0) is 35.4 Å². The van der Waals surface area contributed by atoms with Crippen LogP contribution in [0.15, 0.2) is 78.9 Å². The van der Waals surface area contributed by atoms with Gasteiger partial charge >= 0.3 is 6.61 Å². The normalized spacial score (nSPS) is 10.9. The number of halogens is 3. The van der Waals surface area contributed by atoms with E-state index < -0.39 is 6.61 Å². The van der Waals surface area contributed by atoms with E-state index in [2.05, 4.69) is 10.1 Å². The summed E-state index contributed by atoms with van der Waals surface area (Å²) in [6.07, 6.45) is 0.584. The summed E-state index contributed by atoms with van der Waals surface area (Å²) in [5, 5.41) is 4.37. The van der Waals surface area contributed by atoms with Crippen LogP contribution in [-0.4, -0.2) is 17.5 Å². The van der Waals surface area contributed by atoms with Crippen LogP contribution >= 0.6 is 22.9 Å². The first-order valence-corrected chi connectivity index (χ1v) is 11.3. The van der Waals surface area contributed by atoms with E-state index >= 15 is 0 Å². The van der Waals surface area contributed by atoms with Crippen LogP contribution in [0.2, 0.25) is 5.02 Å².